The van der Waals surface area contributed by atoms with Crippen LogP contribution in [0, 0.1) is 0 Å². The SMILES string of the molecule is C[N+](C)=C1C=CC(=C2C=C(c3ccccc3)SC(c3ccccc3)=C2)C=C1.C[N+](C)=C1C=CC(=C2C=C(c3ccccc3)SC(c3ccccc3)=C2)C=C1.O=S(=O)([O-])[O-]. The second-order valence-corrected chi connectivity index (χ2v) is 16.9. The van der Waals surface area contributed by atoms with Gasteiger partial charge in [0.15, 0.2) is 11.4 Å². The lowest BCUT2D eigenvalue weighted by Gasteiger charge is -2.18. The Kier molecular flexibility index (Phi) is 14.7. The normalized spacial score (nSPS) is 15.9. The predicted octanol–water partition coefficient (Wildman–Crippen LogP) is 10.6. The zero-order chi connectivity index (χ0) is 41.8. The number of rotatable bonds is 4. The summed E-state index contributed by atoms with van der Waals surface area (Å²) in [7, 11) is 3.11. The van der Waals surface area contributed by atoms with Crippen molar-refractivity contribution in [3.05, 3.63) is 239 Å². The molecule has 0 aromatic heterocycles. The molecule has 2 aliphatic carbocycles. The van der Waals surface area contributed by atoms with Crippen LogP contribution in [0.3, 0.4) is 0 Å². The maximum Gasteiger partial charge on any atom is 0.199 e. The van der Waals surface area contributed by atoms with E-state index in [1.54, 1.807) is 0 Å². The van der Waals surface area contributed by atoms with Gasteiger partial charge in [0.2, 0.25) is 0 Å². The van der Waals surface area contributed by atoms with Crippen molar-refractivity contribution in [3.63, 3.8) is 0 Å². The van der Waals surface area contributed by atoms with Gasteiger partial charge in [-0.2, -0.15) is 0 Å². The van der Waals surface area contributed by atoms with Gasteiger partial charge in [0.1, 0.15) is 28.2 Å². The minimum Gasteiger partial charge on any atom is -0.759 e. The molecule has 0 atom stereocenters. The Morgan fingerprint density at radius 3 is 0.797 bits per heavy atom. The molecule has 296 valence electrons. The third kappa shape index (κ3) is 12.6. The van der Waals surface area contributed by atoms with Crippen molar-refractivity contribution in [2.45, 2.75) is 0 Å². The van der Waals surface area contributed by atoms with E-state index in [1.807, 2.05) is 23.5 Å². The van der Waals surface area contributed by atoms with Gasteiger partial charge in [-0.15, -0.1) is 0 Å². The van der Waals surface area contributed by atoms with E-state index in [0.717, 1.165) is 0 Å². The van der Waals surface area contributed by atoms with Crippen LogP contribution in [-0.4, -0.2) is 66.3 Å². The van der Waals surface area contributed by atoms with E-state index in [2.05, 4.69) is 232 Å². The molecule has 0 unspecified atom stereocenters. The van der Waals surface area contributed by atoms with E-state index in [0.29, 0.717) is 0 Å². The molecule has 8 rings (SSSR count). The molecule has 4 aromatic carbocycles. The van der Waals surface area contributed by atoms with Crippen molar-refractivity contribution < 1.29 is 26.7 Å². The lowest BCUT2D eigenvalue weighted by molar-refractivity contribution is -0.462. The molecular weight excluding hydrogens is 789 g/mol. The summed E-state index contributed by atoms with van der Waals surface area (Å²) in [6, 6.07) is 42.5. The zero-order valence-electron chi connectivity index (χ0n) is 33.2. The van der Waals surface area contributed by atoms with Crippen LogP contribution in [0.25, 0.3) is 19.6 Å². The molecule has 0 bridgehead atoms. The maximum absolute atomic E-state index is 8.52. The standard InChI is InChI=1S/2C25H22NS.H2O4S/c2*1-26(2)23-15-13-19(14-16-23)22-17-24(20-9-5-3-6-10-20)27-25(18-22)21-11-7-4-8-12-21;1-5(2,3)4/h2*3-18H,1-2H3;(H2,1,2,3,4)/q2*+1;/p-2. The van der Waals surface area contributed by atoms with Crippen LogP contribution < -0.4 is 0 Å². The molecule has 2 aliphatic heterocycles. The first kappa shape index (κ1) is 42.8. The fraction of sp³-hybridized carbons (Fsp3) is 0.0800. The monoisotopic (exact) mass is 832 g/mol. The van der Waals surface area contributed by atoms with Gasteiger partial charge in [-0.3, -0.25) is 8.42 Å². The van der Waals surface area contributed by atoms with Gasteiger partial charge in [-0.1, -0.05) is 145 Å². The molecule has 0 amide bonds. The minimum absolute atomic E-state index is 1.21. The Hall–Kier alpha value is -5.81. The van der Waals surface area contributed by atoms with Crippen LogP contribution in [0.15, 0.2) is 217 Å². The average Bonchev–Trinajstić information content (AvgIpc) is 3.27. The minimum atomic E-state index is -5.17. The Morgan fingerprint density at radius 2 is 0.593 bits per heavy atom. The number of hydrogen-bond donors (Lipinski definition) is 0. The van der Waals surface area contributed by atoms with Gasteiger partial charge < -0.3 is 9.11 Å². The molecule has 0 saturated carbocycles. The Balaban J connectivity index is 0.000000178. The summed E-state index contributed by atoms with van der Waals surface area (Å²) in [4.78, 5) is 5.12. The van der Waals surface area contributed by atoms with Crippen LogP contribution in [-0.2, 0) is 10.4 Å². The van der Waals surface area contributed by atoms with Crippen LogP contribution in [0.5, 0.6) is 0 Å². The summed E-state index contributed by atoms with van der Waals surface area (Å²) >= 11 is 3.67. The molecule has 59 heavy (non-hydrogen) atoms. The van der Waals surface area contributed by atoms with Crippen molar-refractivity contribution in [1.29, 1.82) is 0 Å². The molecule has 4 aliphatic rings. The number of hydrogen-bond acceptors (Lipinski definition) is 6. The first-order chi connectivity index (χ1) is 28.4. The molecule has 0 fully saturated rings. The number of nitrogens with zero attached hydrogens (tertiary/aromatic N) is 2. The third-order valence-corrected chi connectivity index (χ3v) is 11.5. The summed E-state index contributed by atoms with van der Waals surface area (Å²) in [6.07, 6.45) is 26.7. The van der Waals surface area contributed by atoms with Crippen molar-refractivity contribution in [2.75, 3.05) is 28.2 Å². The van der Waals surface area contributed by atoms with Gasteiger partial charge in [0.25, 0.3) is 0 Å². The van der Waals surface area contributed by atoms with E-state index in [9.17, 15) is 0 Å². The molecule has 6 nitrogen and oxygen atoms in total. The molecule has 2 heterocycles. The summed E-state index contributed by atoms with van der Waals surface area (Å²) in [5.74, 6) is 0. The van der Waals surface area contributed by atoms with E-state index < -0.39 is 10.4 Å². The Bertz CT molecular complexity index is 2340. The summed E-state index contributed by atoms with van der Waals surface area (Å²) in [6.45, 7) is 0. The Labute approximate surface area is 356 Å². The van der Waals surface area contributed by atoms with E-state index in [-0.39, 0.29) is 0 Å². The number of allylic oxidation sites excluding steroid dienone is 16. The maximum atomic E-state index is 8.52. The van der Waals surface area contributed by atoms with Crippen LogP contribution in [0.1, 0.15) is 22.3 Å². The second-order valence-electron chi connectivity index (χ2n) is 13.9. The fourth-order valence-corrected chi connectivity index (χ4v) is 8.45. The van der Waals surface area contributed by atoms with Gasteiger partial charge in [-0.05, 0) is 93.2 Å². The zero-order valence-corrected chi connectivity index (χ0v) is 35.7. The fourth-order valence-electron chi connectivity index (χ4n) is 6.22. The van der Waals surface area contributed by atoms with Gasteiger partial charge >= 0.3 is 0 Å². The van der Waals surface area contributed by atoms with Gasteiger partial charge in [-0.25, -0.2) is 9.15 Å². The van der Waals surface area contributed by atoms with Crippen molar-refractivity contribution in [3.8, 4) is 0 Å². The van der Waals surface area contributed by atoms with Gasteiger partial charge in [0, 0.05) is 54.3 Å². The highest BCUT2D eigenvalue weighted by atomic mass is 32.3. The average molecular weight is 833 g/mol. The van der Waals surface area contributed by atoms with Gasteiger partial charge in [0.05, 0.1) is 0 Å². The lowest BCUT2D eigenvalue weighted by atomic mass is 9.99. The smallest absolute Gasteiger partial charge is 0.199 e. The third-order valence-electron chi connectivity index (χ3n) is 9.25. The number of thioether (sulfide) groups is 2. The molecule has 0 saturated heterocycles. The van der Waals surface area contributed by atoms with E-state index in [1.165, 1.54) is 75.6 Å². The molecule has 0 N–H and O–H groups in total. The van der Waals surface area contributed by atoms with E-state index in [4.69, 9.17) is 17.5 Å². The van der Waals surface area contributed by atoms with Crippen LogP contribution in [0.4, 0.5) is 0 Å². The van der Waals surface area contributed by atoms with E-state index >= 15 is 0 Å². The summed E-state index contributed by atoms with van der Waals surface area (Å²) < 4.78 is 38.3. The summed E-state index contributed by atoms with van der Waals surface area (Å²) in [5.41, 5.74) is 12.4. The first-order valence-corrected chi connectivity index (χ1v) is 21.8. The molecule has 4 aromatic rings. The van der Waals surface area contributed by atoms with Crippen molar-refractivity contribution in [1.82, 2.24) is 0 Å². The second kappa shape index (κ2) is 20.2. The quantitative estimate of drug-likeness (QED) is 0.116. The summed E-state index contributed by atoms with van der Waals surface area (Å²) in [5, 5.41) is 0. The van der Waals surface area contributed by atoms with Crippen LogP contribution >= 0.6 is 23.5 Å². The largest absolute Gasteiger partial charge is 0.759 e. The highest BCUT2D eigenvalue weighted by Gasteiger charge is 2.18. The number of benzene rings is 4. The topological polar surface area (TPSA) is 86.3 Å². The van der Waals surface area contributed by atoms with Crippen LogP contribution in [0.2, 0.25) is 0 Å². The molecular formula is C50H44N2O4S3. The highest BCUT2D eigenvalue weighted by Crippen LogP contribution is 2.46. The highest BCUT2D eigenvalue weighted by molar-refractivity contribution is 8.17. The lowest BCUT2D eigenvalue weighted by Crippen LogP contribution is -2.10. The first-order valence-electron chi connectivity index (χ1n) is 18.8. The van der Waals surface area contributed by atoms with Crippen molar-refractivity contribution in [2.24, 2.45) is 0 Å². The predicted molar refractivity (Wildman–Crippen MR) is 248 cm³/mol. The molecule has 9 heteroatoms. The Morgan fingerprint density at radius 1 is 0.373 bits per heavy atom. The molecule has 0 radical (unpaired) electrons. The molecule has 0 spiro atoms. The van der Waals surface area contributed by atoms with Crippen molar-refractivity contribution >= 4 is 65.0 Å².